The molecule has 0 atom stereocenters. The molecule has 0 aliphatic rings. The largest absolute Gasteiger partial charge is 0.496 e. The molecule has 2 N–H and O–H groups in total. The Balaban J connectivity index is 1.52. The summed E-state index contributed by atoms with van der Waals surface area (Å²) in [7, 11) is 1.63. The summed E-state index contributed by atoms with van der Waals surface area (Å²) in [6, 6.07) is 18.6. The number of hydrogen-bond acceptors (Lipinski definition) is 6. The van der Waals surface area contributed by atoms with Gasteiger partial charge in [0.15, 0.2) is 0 Å². The van der Waals surface area contributed by atoms with Crippen molar-refractivity contribution in [2.75, 3.05) is 13.7 Å². The molecule has 0 radical (unpaired) electrons. The van der Waals surface area contributed by atoms with Crippen LogP contribution in [0.3, 0.4) is 0 Å². The van der Waals surface area contributed by atoms with Crippen molar-refractivity contribution in [3.8, 4) is 5.75 Å². The van der Waals surface area contributed by atoms with E-state index in [1.807, 2.05) is 49.4 Å². The summed E-state index contributed by atoms with van der Waals surface area (Å²) in [5.41, 5.74) is 5.71. The van der Waals surface area contributed by atoms with Crippen LogP contribution in [-0.2, 0) is 10.5 Å². The fourth-order valence-corrected chi connectivity index (χ4v) is 3.68. The first kappa shape index (κ1) is 23.0. The molecule has 3 rings (SSSR count). The highest BCUT2D eigenvalue weighted by molar-refractivity contribution is 7.98. The molecule has 0 aliphatic carbocycles. The summed E-state index contributed by atoms with van der Waals surface area (Å²) < 4.78 is 5.44. The van der Waals surface area contributed by atoms with E-state index in [0.717, 1.165) is 27.5 Å². The fraction of sp³-hybridized carbons (Fsp3) is 0.167. The van der Waals surface area contributed by atoms with Crippen LogP contribution in [0.25, 0.3) is 0 Å². The highest BCUT2D eigenvalue weighted by atomic mass is 32.2. The number of ether oxygens (including phenoxy) is 1. The van der Waals surface area contributed by atoms with Crippen molar-refractivity contribution in [3.05, 3.63) is 89.1 Å². The number of hydrazone groups is 1. The number of benzene rings is 2. The van der Waals surface area contributed by atoms with Crippen molar-refractivity contribution in [2.24, 2.45) is 5.10 Å². The maximum atomic E-state index is 12.1. The molecule has 8 heteroatoms. The normalized spacial score (nSPS) is 10.7. The summed E-state index contributed by atoms with van der Waals surface area (Å²) in [6.45, 7) is 1.73. The number of nitrogens with zero attached hydrogens (tertiary/aromatic N) is 2. The highest BCUT2D eigenvalue weighted by Crippen LogP contribution is 2.27. The fourth-order valence-electron chi connectivity index (χ4n) is 2.84. The average molecular weight is 449 g/mol. The third-order valence-electron chi connectivity index (χ3n) is 4.41. The van der Waals surface area contributed by atoms with Gasteiger partial charge in [-0.1, -0.05) is 23.8 Å². The van der Waals surface area contributed by atoms with Gasteiger partial charge >= 0.3 is 0 Å². The number of rotatable bonds is 9. The lowest BCUT2D eigenvalue weighted by Crippen LogP contribution is -2.34. The molecule has 3 aromatic rings. The first-order chi connectivity index (χ1) is 15.5. The number of aryl methyl sites for hydroxylation is 1. The van der Waals surface area contributed by atoms with Crippen LogP contribution in [0, 0.1) is 6.92 Å². The molecule has 32 heavy (non-hydrogen) atoms. The van der Waals surface area contributed by atoms with Crippen molar-refractivity contribution >= 4 is 29.8 Å². The van der Waals surface area contributed by atoms with Crippen molar-refractivity contribution in [1.29, 1.82) is 0 Å². The first-order valence-electron chi connectivity index (χ1n) is 9.92. The average Bonchev–Trinajstić information content (AvgIpc) is 2.82. The van der Waals surface area contributed by atoms with Crippen LogP contribution in [0.5, 0.6) is 5.75 Å². The molecule has 1 aromatic heterocycles. The molecule has 0 saturated carbocycles. The van der Waals surface area contributed by atoms with E-state index in [1.54, 1.807) is 49.5 Å². The lowest BCUT2D eigenvalue weighted by molar-refractivity contribution is -0.120. The van der Waals surface area contributed by atoms with E-state index >= 15 is 0 Å². The molecule has 7 nitrogen and oxygen atoms in total. The van der Waals surface area contributed by atoms with Gasteiger partial charge in [0.25, 0.3) is 11.8 Å². The minimum atomic E-state index is -0.415. The molecule has 0 bridgehead atoms. The van der Waals surface area contributed by atoms with Gasteiger partial charge in [-0.05, 0) is 55.0 Å². The molecule has 0 fully saturated rings. The number of thioether (sulfide) groups is 1. The summed E-state index contributed by atoms with van der Waals surface area (Å²) in [5.74, 6) is 0.729. The van der Waals surface area contributed by atoms with Gasteiger partial charge < -0.3 is 10.1 Å². The summed E-state index contributed by atoms with van der Waals surface area (Å²) in [5, 5.41) is 7.49. The van der Waals surface area contributed by atoms with E-state index in [1.165, 1.54) is 0 Å². The number of amides is 2. The minimum absolute atomic E-state index is 0.168. The van der Waals surface area contributed by atoms with E-state index in [2.05, 4.69) is 20.8 Å². The third kappa shape index (κ3) is 6.95. The lowest BCUT2D eigenvalue weighted by Gasteiger charge is -2.09. The smallest absolute Gasteiger partial charge is 0.259 e. The molecular formula is C24H24N4O3S. The van der Waals surface area contributed by atoms with E-state index in [0.29, 0.717) is 11.3 Å². The number of carbonyl (C=O) groups excluding carboxylic acids is 2. The second kappa shape index (κ2) is 11.7. The first-order valence-corrected chi connectivity index (χ1v) is 10.9. The Morgan fingerprint density at radius 3 is 2.75 bits per heavy atom. The van der Waals surface area contributed by atoms with Gasteiger partial charge in [0.1, 0.15) is 5.75 Å². The van der Waals surface area contributed by atoms with E-state index in [9.17, 15) is 9.59 Å². The van der Waals surface area contributed by atoms with Crippen LogP contribution in [0.4, 0.5) is 0 Å². The van der Waals surface area contributed by atoms with Gasteiger partial charge in [-0.15, -0.1) is 11.8 Å². The molecule has 0 unspecified atom stereocenters. The van der Waals surface area contributed by atoms with Crippen LogP contribution in [-0.4, -0.2) is 36.7 Å². The molecule has 0 aliphatic heterocycles. The van der Waals surface area contributed by atoms with Crippen molar-refractivity contribution < 1.29 is 14.3 Å². The van der Waals surface area contributed by atoms with Gasteiger partial charge in [0, 0.05) is 23.1 Å². The Hall–Kier alpha value is -3.65. The van der Waals surface area contributed by atoms with Crippen molar-refractivity contribution in [3.63, 3.8) is 0 Å². The molecule has 2 amide bonds. The topological polar surface area (TPSA) is 92.7 Å². The second-order valence-corrected chi connectivity index (χ2v) is 7.87. The van der Waals surface area contributed by atoms with Gasteiger partial charge in [-0.2, -0.15) is 5.10 Å². The minimum Gasteiger partial charge on any atom is -0.496 e. The standard InChI is InChI=1S/C24H24N4O3S/c1-17-6-5-7-19(12-17)24(30)26-15-22(29)28-27-14-18-9-10-21(31-2)20(13-18)16-32-23-8-3-4-11-25-23/h3-14H,15-16H2,1-2H3,(H,26,30)(H,28,29). The van der Waals surface area contributed by atoms with Crippen LogP contribution < -0.4 is 15.5 Å². The Morgan fingerprint density at radius 2 is 2.00 bits per heavy atom. The number of pyridine rings is 1. The van der Waals surface area contributed by atoms with Crippen LogP contribution in [0.2, 0.25) is 0 Å². The van der Waals surface area contributed by atoms with Gasteiger partial charge in [0.05, 0.1) is 24.9 Å². The second-order valence-electron chi connectivity index (χ2n) is 6.87. The zero-order valence-electron chi connectivity index (χ0n) is 17.9. The summed E-state index contributed by atoms with van der Waals surface area (Å²) in [6.07, 6.45) is 3.31. The lowest BCUT2D eigenvalue weighted by atomic mass is 10.1. The number of hydrogen-bond donors (Lipinski definition) is 2. The molecule has 2 aromatic carbocycles. The van der Waals surface area contributed by atoms with E-state index in [4.69, 9.17) is 4.74 Å². The monoisotopic (exact) mass is 448 g/mol. The predicted octanol–water partition coefficient (Wildman–Crippen LogP) is 3.57. The Kier molecular flexibility index (Phi) is 8.39. The summed E-state index contributed by atoms with van der Waals surface area (Å²) >= 11 is 1.60. The van der Waals surface area contributed by atoms with Crippen molar-refractivity contribution in [1.82, 2.24) is 15.7 Å². The molecule has 0 spiro atoms. The van der Waals surface area contributed by atoms with Gasteiger partial charge in [-0.25, -0.2) is 10.4 Å². The third-order valence-corrected chi connectivity index (χ3v) is 5.40. The molecular weight excluding hydrogens is 424 g/mol. The van der Waals surface area contributed by atoms with Crippen molar-refractivity contribution in [2.45, 2.75) is 17.7 Å². The quantitative estimate of drug-likeness (QED) is 0.297. The zero-order chi connectivity index (χ0) is 22.8. The molecule has 1 heterocycles. The Bertz CT molecular complexity index is 1100. The maximum Gasteiger partial charge on any atom is 0.259 e. The number of carbonyl (C=O) groups is 2. The Morgan fingerprint density at radius 1 is 1.12 bits per heavy atom. The summed E-state index contributed by atoms with van der Waals surface area (Å²) in [4.78, 5) is 28.4. The van der Waals surface area contributed by atoms with E-state index < -0.39 is 5.91 Å². The van der Waals surface area contributed by atoms with E-state index in [-0.39, 0.29) is 12.5 Å². The maximum absolute atomic E-state index is 12.1. The van der Waals surface area contributed by atoms with Crippen LogP contribution in [0.1, 0.15) is 27.0 Å². The number of nitrogens with one attached hydrogen (secondary N) is 2. The van der Waals surface area contributed by atoms with Gasteiger partial charge in [-0.3, -0.25) is 9.59 Å². The van der Waals surface area contributed by atoms with Crippen LogP contribution >= 0.6 is 11.8 Å². The van der Waals surface area contributed by atoms with Gasteiger partial charge in [0.2, 0.25) is 0 Å². The number of aromatic nitrogens is 1. The Labute approximate surface area is 191 Å². The highest BCUT2D eigenvalue weighted by Gasteiger charge is 2.08. The predicted molar refractivity (Wildman–Crippen MR) is 126 cm³/mol. The molecule has 164 valence electrons. The SMILES string of the molecule is COc1ccc(C=NNC(=O)CNC(=O)c2cccc(C)c2)cc1CSc1ccccn1. The number of methoxy groups -OCH3 is 1. The zero-order valence-corrected chi connectivity index (χ0v) is 18.7. The van der Waals surface area contributed by atoms with Crippen LogP contribution in [0.15, 0.2) is 77.0 Å². The molecule has 0 saturated heterocycles.